The van der Waals surface area contributed by atoms with Gasteiger partial charge in [0.25, 0.3) is 0 Å². The zero-order chi connectivity index (χ0) is 13.5. The fourth-order valence-corrected chi connectivity index (χ4v) is 1.95. The SMILES string of the molecule is COc1ccc(COC2CCOC2)cc1C#CCN. The summed E-state index contributed by atoms with van der Waals surface area (Å²) in [6, 6.07) is 5.88. The fraction of sp³-hybridized carbons (Fsp3) is 0.467. The average molecular weight is 261 g/mol. The number of nitrogens with two attached hydrogens (primary N) is 1. The van der Waals surface area contributed by atoms with E-state index in [4.69, 9.17) is 19.9 Å². The Bertz CT molecular complexity index is 470. The molecule has 1 aliphatic heterocycles. The van der Waals surface area contributed by atoms with Crippen molar-refractivity contribution in [1.82, 2.24) is 0 Å². The summed E-state index contributed by atoms with van der Waals surface area (Å²) in [6.45, 7) is 2.38. The molecular formula is C15H19NO3. The molecule has 0 saturated carbocycles. The summed E-state index contributed by atoms with van der Waals surface area (Å²) in [5.41, 5.74) is 7.32. The van der Waals surface area contributed by atoms with Crippen molar-refractivity contribution >= 4 is 0 Å². The molecule has 0 aromatic heterocycles. The van der Waals surface area contributed by atoms with Gasteiger partial charge in [-0.15, -0.1) is 0 Å². The molecule has 0 amide bonds. The van der Waals surface area contributed by atoms with Crippen molar-refractivity contribution < 1.29 is 14.2 Å². The van der Waals surface area contributed by atoms with E-state index in [2.05, 4.69) is 11.8 Å². The van der Waals surface area contributed by atoms with Gasteiger partial charge in [-0.2, -0.15) is 0 Å². The van der Waals surface area contributed by atoms with Gasteiger partial charge in [0.05, 0.1) is 38.5 Å². The highest BCUT2D eigenvalue weighted by molar-refractivity contribution is 5.48. The standard InChI is InChI=1S/C15H19NO3/c1-17-15-5-4-12(9-13(15)3-2-7-16)10-19-14-6-8-18-11-14/h4-5,9,14H,6-8,10-11,16H2,1H3. The second-order valence-corrected chi connectivity index (χ2v) is 4.34. The summed E-state index contributed by atoms with van der Waals surface area (Å²) in [6.07, 6.45) is 1.18. The van der Waals surface area contributed by atoms with Gasteiger partial charge in [0.1, 0.15) is 5.75 Å². The van der Waals surface area contributed by atoms with E-state index in [1.165, 1.54) is 0 Å². The van der Waals surface area contributed by atoms with E-state index in [0.29, 0.717) is 19.8 Å². The van der Waals surface area contributed by atoms with Crippen LogP contribution in [-0.2, 0) is 16.1 Å². The van der Waals surface area contributed by atoms with Gasteiger partial charge in [0.2, 0.25) is 0 Å². The molecule has 1 saturated heterocycles. The highest BCUT2D eigenvalue weighted by Crippen LogP contribution is 2.20. The Labute approximate surface area is 113 Å². The van der Waals surface area contributed by atoms with Gasteiger partial charge in [-0.3, -0.25) is 0 Å². The Balaban J connectivity index is 2.03. The molecule has 2 N–H and O–H groups in total. The molecule has 2 rings (SSSR count). The Morgan fingerprint density at radius 1 is 1.47 bits per heavy atom. The molecule has 4 nitrogen and oxygen atoms in total. The van der Waals surface area contributed by atoms with Crippen LogP contribution in [0.5, 0.6) is 5.75 Å². The first-order chi connectivity index (χ1) is 9.33. The lowest BCUT2D eigenvalue weighted by Crippen LogP contribution is -2.11. The van der Waals surface area contributed by atoms with Crippen LogP contribution in [0.25, 0.3) is 0 Å². The monoisotopic (exact) mass is 261 g/mol. The molecule has 1 heterocycles. The number of rotatable bonds is 4. The van der Waals surface area contributed by atoms with Crippen molar-refractivity contribution in [3.8, 4) is 17.6 Å². The van der Waals surface area contributed by atoms with Gasteiger partial charge in [-0.05, 0) is 24.1 Å². The third-order valence-corrected chi connectivity index (χ3v) is 2.96. The van der Waals surface area contributed by atoms with Crippen LogP contribution in [0.2, 0.25) is 0 Å². The zero-order valence-corrected chi connectivity index (χ0v) is 11.1. The van der Waals surface area contributed by atoms with Crippen LogP contribution >= 0.6 is 0 Å². The Kier molecular flexibility index (Phi) is 5.22. The number of hydrogen-bond donors (Lipinski definition) is 1. The van der Waals surface area contributed by atoms with Gasteiger partial charge in [-0.1, -0.05) is 17.9 Å². The van der Waals surface area contributed by atoms with Crippen molar-refractivity contribution in [2.45, 2.75) is 19.1 Å². The number of benzene rings is 1. The van der Waals surface area contributed by atoms with E-state index < -0.39 is 0 Å². The molecule has 1 atom stereocenters. The molecule has 4 heteroatoms. The Morgan fingerprint density at radius 3 is 3.05 bits per heavy atom. The topological polar surface area (TPSA) is 53.7 Å². The van der Waals surface area contributed by atoms with E-state index >= 15 is 0 Å². The predicted molar refractivity (Wildman–Crippen MR) is 72.9 cm³/mol. The molecular weight excluding hydrogens is 242 g/mol. The third-order valence-electron chi connectivity index (χ3n) is 2.96. The van der Waals surface area contributed by atoms with Crippen molar-refractivity contribution in [2.75, 3.05) is 26.9 Å². The van der Waals surface area contributed by atoms with Gasteiger partial charge >= 0.3 is 0 Å². The van der Waals surface area contributed by atoms with Crippen LogP contribution in [0, 0.1) is 11.8 Å². The number of hydrogen-bond acceptors (Lipinski definition) is 4. The summed E-state index contributed by atoms with van der Waals surface area (Å²) in [5.74, 6) is 6.61. The van der Waals surface area contributed by atoms with Gasteiger partial charge in [0.15, 0.2) is 0 Å². The van der Waals surface area contributed by atoms with Crippen LogP contribution in [0.15, 0.2) is 18.2 Å². The summed E-state index contributed by atoms with van der Waals surface area (Å²) in [4.78, 5) is 0. The quantitative estimate of drug-likeness (QED) is 0.830. The van der Waals surface area contributed by atoms with Crippen molar-refractivity contribution in [2.24, 2.45) is 5.73 Å². The molecule has 19 heavy (non-hydrogen) atoms. The lowest BCUT2D eigenvalue weighted by molar-refractivity contribution is 0.0317. The second kappa shape index (κ2) is 7.15. The lowest BCUT2D eigenvalue weighted by atomic mass is 10.1. The molecule has 1 fully saturated rings. The van der Waals surface area contributed by atoms with E-state index in [1.807, 2.05) is 18.2 Å². The minimum Gasteiger partial charge on any atom is -0.495 e. The van der Waals surface area contributed by atoms with Gasteiger partial charge < -0.3 is 19.9 Å². The summed E-state index contributed by atoms with van der Waals surface area (Å²) >= 11 is 0. The average Bonchev–Trinajstić information content (AvgIpc) is 2.96. The van der Waals surface area contributed by atoms with E-state index in [9.17, 15) is 0 Å². The van der Waals surface area contributed by atoms with E-state index in [0.717, 1.165) is 29.9 Å². The van der Waals surface area contributed by atoms with Crippen LogP contribution in [0.4, 0.5) is 0 Å². The largest absolute Gasteiger partial charge is 0.495 e. The first-order valence-corrected chi connectivity index (χ1v) is 6.38. The predicted octanol–water partition coefficient (Wildman–Crippen LogP) is 1.31. The van der Waals surface area contributed by atoms with Crippen LogP contribution in [-0.4, -0.2) is 33.0 Å². The fourth-order valence-electron chi connectivity index (χ4n) is 1.95. The van der Waals surface area contributed by atoms with Crippen LogP contribution in [0.3, 0.4) is 0 Å². The first-order valence-electron chi connectivity index (χ1n) is 6.38. The van der Waals surface area contributed by atoms with Crippen molar-refractivity contribution in [1.29, 1.82) is 0 Å². The summed E-state index contributed by atoms with van der Waals surface area (Å²) < 4.78 is 16.3. The number of methoxy groups -OCH3 is 1. The lowest BCUT2D eigenvalue weighted by Gasteiger charge is -2.11. The van der Waals surface area contributed by atoms with Gasteiger partial charge in [0, 0.05) is 6.61 Å². The minimum absolute atomic E-state index is 0.209. The smallest absolute Gasteiger partial charge is 0.134 e. The highest BCUT2D eigenvalue weighted by atomic mass is 16.5. The van der Waals surface area contributed by atoms with Crippen LogP contribution in [0.1, 0.15) is 17.5 Å². The normalized spacial score (nSPS) is 17.9. The maximum Gasteiger partial charge on any atom is 0.134 e. The first kappa shape index (κ1) is 13.9. The molecule has 0 radical (unpaired) electrons. The maximum atomic E-state index is 5.78. The molecule has 1 aromatic rings. The molecule has 1 aliphatic rings. The van der Waals surface area contributed by atoms with Crippen LogP contribution < -0.4 is 10.5 Å². The molecule has 0 aliphatic carbocycles. The number of ether oxygens (including phenoxy) is 3. The molecule has 102 valence electrons. The van der Waals surface area contributed by atoms with Gasteiger partial charge in [-0.25, -0.2) is 0 Å². The molecule has 1 unspecified atom stereocenters. The van der Waals surface area contributed by atoms with Crippen molar-refractivity contribution in [3.63, 3.8) is 0 Å². The summed E-state index contributed by atoms with van der Waals surface area (Å²) in [5, 5.41) is 0. The maximum absolute atomic E-state index is 5.78. The van der Waals surface area contributed by atoms with Crippen molar-refractivity contribution in [3.05, 3.63) is 29.3 Å². The molecule has 0 bridgehead atoms. The molecule has 0 spiro atoms. The summed E-state index contributed by atoms with van der Waals surface area (Å²) in [7, 11) is 1.63. The Morgan fingerprint density at radius 2 is 2.37 bits per heavy atom. The second-order valence-electron chi connectivity index (χ2n) is 4.34. The van der Waals surface area contributed by atoms with E-state index in [-0.39, 0.29) is 6.10 Å². The third kappa shape index (κ3) is 3.97. The Hall–Kier alpha value is -1.54. The molecule has 1 aromatic carbocycles. The zero-order valence-electron chi connectivity index (χ0n) is 11.1. The highest BCUT2D eigenvalue weighted by Gasteiger charge is 2.16. The van der Waals surface area contributed by atoms with E-state index in [1.54, 1.807) is 7.11 Å². The minimum atomic E-state index is 0.209.